The molecule has 0 spiro atoms. The maximum Gasteiger partial charge on any atom is 0.416 e. The van der Waals surface area contributed by atoms with Gasteiger partial charge in [0.15, 0.2) is 0 Å². The molecule has 0 fully saturated rings. The van der Waals surface area contributed by atoms with E-state index in [-0.39, 0.29) is 0 Å². The number of benzene rings is 1. The number of hydrogen-bond donors (Lipinski definition) is 4. The number of aromatic hydroxyl groups is 1. The fraction of sp³-hybridized carbons (Fsp3) is 0.421. The molecule has 0 radical (unpaired) electrons. The fourth-order valence-electron chi connectivity index (χ4n) is 2.94. The van der Waals surface area contributed by atoms with Crippen molar-refractivity contribution in [1.29, 1.82) is 5.41 Å². The lowest BCUT2D eigenvalue weighted by atomic mass is 9.82. The molecule has 1 unspecified atom stereocenters. The minimum Gasteiger partial charge on any atom is -0.480 e. The predicted octanol–water partition coefficient (Wildman–Crippen LogP) is 5.01. The molecule has 0 saturated heterocycles. The van der Waals surface area contributed by atoms with Gasteiger partial charge in [0.25, 0.3) is 11.6 Å². The van der Waals surface area contributed by atoms with E-state index in [0.29, 0.717) is 5.56 Å². The average molecular weight is 450 g/mol. The molecule has 0 aliphatic heterocycles. The van der Waals surface area contributed by atoms with Crippen LogP contribution in [0.25, 0.3) is 0 Å². The third-order valence-electron chi connectivity index (χ3n) is 4.30. The zero-order chi connectivity index (χ0) is 23.8. The van der Waals surface area contributed by atoms with Crippen molar-refractivity contribution in [3.63, 3.8) is 0 Å². The van der Waals surface area contributed by atoms with Gasteiger partial charge < -0.3 is 15.8 Å². The lowest BCUT2D eigenvalue weighted by Crippen LogP contribution is -2.30. The molecule has 0 aliphatic carbocycles. The molecule has 1 atom stereocenters. The van der Waals surface area contributed by atoms with Gasteiger partial charge in [0.2, 0.25) is 0 Å². The van der Waals surface area contributed by atoms with Crippen molar-refractivity contribution in [2.45, 2.75) is 45.6 Å². The van der Waals surface area contributed by atoms with Crippen molar-refractivity contribution in [3.05, 3.63) is 51.3 Å². The van der Waals surface area contributed by atoms with Crippen LogP contribution >= 0.6 is 0 Å². The molecule has 1 heterocycles. The third-order valence-corrected chi connectivity index (χ3v) is 4.30. The van der Waals surface area contributed by atoms with Crippen LogP contribution in [0.1, 0.15) is 49.9 Å². The molecule has 0 amide bonds. The predicted molar refractivity (Wildman–Crippen MR) is 101 cm³/mol. The van der Waals surface area contributed by atoms with Crippen molar-refractivity contribution in [3.8, 4) is 6.01 Å². The number of nitrogens with zero attached hydrogens (tertiary/aromatic N) is 1. The molecule has 0 saturated carbocycles. The van der Waals surface area contributed by atoms with Gasteiger partial charge in [-0.1, -0.05) is 32.9 Å². The average Bonchev–Trinajstić information content (AvgIpc) is 2.55. The smallest absolute Gasteiger partial charge is 0.416 e. The molecule has 12 heteroatoms. The summed E-state index contributed by atoms with van der Waals surface area (Å²) in [6.45, 7) is 5.11. The van der Waals surface area contributed by atoms with Crippen molar-refractivity contribution >= 4 is 11.5 Å². The minimum absolute atomic E-state index is 0.329. The summed E-state index contributed by atoms with van der Waals surface area (Å²) in [5.74, 6) is -0.490. The standard InChI is InChI=1S/C19H20F6N4O2/c1-17(2,3)13(9-4-6-10(7-5-9)19(23,24)25)27-14-12(11(26)8-18(20,21)22)15(30)29-16(31)28-14/h4-7,13,26H,8H2,1-3H3,(H3,27,28,29,30,31). The van der Waals surface area contributed by atoms with Crippen LogP contribution in [0.5, 0.6) is 6.01 Å². The van der Waals surface area contributed by atoms with Crippen LogP contribution < -0.4 is 10.9 Å². The van der Waals surface area contributed by atoms with Gasteiger partial charge in [-0.2, -0.15) is 31.3 Å². The number of aromatic nitrogens is 2. The Labute approximate surface area is 172 Å². The Morgan fingerprint density at radius 1 is 1.13 bits per heavy atom. The molecule has 2 rings (SSSR count). The molecule has 31 heavy (non-hydrogen) atoms. The van der Waals surface area contributed by atoms with E-state index in [2.05, 4.69) is 10.3 Å². The first-order valence-electron chi connectivity index (χ1n) is 8.90. The van der Waals surface area contributed by atoms with Gasteiger partial charge in [-0.3, -0.25) is 9.78 Å². The molecule has 0 aliphatic rings. The summed E-state index contributed by atoms with van der Waals surface area (Å²) in [4.78, 5) is 17.6. The highest BCUT2D eigenvalue weighted by Gasteiger charge is 2.35. The van der Waals surface area contributed by atoms with Crippen LogP contribution in [-0.4, -0.2) is 27.0 Å². The van der Waals surface area contributed by atoms with Gasteiger partial charge >= 0.3 is 12.4 Å². The maximum absolute atomic E-state index is 12.9. The lowest BCUT2D eigenvalue weighted by Gasteiger charge is -2.33. The second-order valence-corrected chi connectivity index (χ2v) is 7.95. The van der Waals surface area contributed by atoms with Crippen LogP contribution in [0.2, 0.25) is 0 Å². The number of H-pyrrole nitrogens is 1. The molecule has 0 bridgehead atoms. The number of rotatable bonds is 5. The van der Waals surface area contributed by atoms with E-state index in [1.165, 1.54) is 12.1 Å². The number of hydrogen-bond acceptors (Lipinski definition) is 5. The Balaban J connectivity index is 2.54. The fourth-order valence-corrected chi connectivity index (χ4v) is 2.94. The topological polar surface area (TPSA) is 102 Å². The van der Waals surface area contributed by atoms with E-state index < -0.39 is 64.5 Å². The highest BCUT2D eigenvalue weighted by molar-refractivity contribution is 6.02. The number of nitrogens with one attached hydrogen (secondary N) is 3. The van der Waals surface area contributed by atoms with E-state index in [4.69, 9.17) is 5.41 Å². The van der Waals surface area contributed by atoms with Crippen molar-refractivity contribution < 1.29 is 31.4 Å². The van der Waals surface area contributed by atoms with Crippen molar-refractivity contribution in [2.24, 2.45) is 5.41 Å². The quantitative estimate of drug-likeness (QED) is 0.380. The molecule has 4 N–H and O–H groups in total. The number of alkyl halides is 6. The zero-order valence-corrected chi connectivity index (χ0v) is 16.7. The second-order valence-electron chi connectivity index (χ2n) is 7.95. The van der Waals surface area contributed by atoms with E-state index in [9.17, 15) is 36.2 Å². The van der Waals surface area contributed by atoms with Crippen LogP contribution in [0.4, 0.5) is 32.2 Å². The summed E-state index contributed by atoms with van der Waals surface area (Å²) in [5.41, 5.74) is -4.24. The monoisotopic (exact) mass is 450 g/mol. The first-order valence-corrected chi connectivity index (χ1v) is 8.90. The molecule has 1 aromatic heterocycles. The first kappa shape index (κ1) is 24.2. The Kier molecular flexibility index (Phi) is 6.43. The number of anilines is 1. The summed E-state index contributed by atoms with van der Waals surface area (Å²) in [6.07, 6.45) is -11.0. The molecular formula is C19H20F6N4O2. The van der Waals surface area contributed by atoms with Crippen LogP contribution in [0.3, 0.4) is 0 Å². The summed E-state index contributed by atoms with van der Waals surface area (Å²) < 4.78 is 76.8. The normalized spacial score (nSPS) is 13.7. The Hall–Kier alpha value is -3.05. The van der Waals surface area contributed by atoms with Crippen LogP contribution in [0, 0.1) is 10.8 Å². The Morgan fingerprint density at radius 3 is 2.13 bits per heavy atom. The van der Waals surface area contributed by atoms with Gasteiger partial charge in [0.1, 0.15) is 11.4 Å². The second kappa shape index (κ2) is 8.23. The maximum atomic E-state index is 12.9. The van der Waals surface area contributed by atoms with Crippen LogP contribution in [0.15, 0.2) is 29.1 Å². The SMILES string of the molecule is CC(C)(C)C(Nc1nc(O)[nH]c(=O)c1C(=N)CC(F)(F)F)c1ccc(C(F)(F)F)cc1. The lowest BCUT2D eigenvalue weighted by molar-refractivity contribution is -0.137. The van der Waals surface area contributed by atoms with Crippen molar-refractivity contribution in [1.82, 2.24) is 9.97 Å². The van der Waals surface area contributed by atoms with Gasteiger partial charge in [-0.25, -0.2) is 0 Å². The molecular weight excluding hydrogens is 430 g/mol. The Morgan fingerprint density at radius 2 is 1.68 bits per heavy atom. The van der Waals surface area contributed by atoms with Crippen molar-refractivity contribution in [2.75, 3.05) is 5.32 Å². The van der Waals surface area contributed by atoms with E-state index >= 15 is 0 Å². The van der Waals surface area contributed by atoms with E-state index in [0.717, 1.165) is 12.1 Å². The summed E-state index contributed by atoms with van der Waals surface area (Å²) in [6, 6.07) is 2.37. The van der Waals surface area contributed by atoms with Crippen LogP contribution in [-0.2, 0) is 6.18 Å². The highest BCUT2D eigenvalue weighted by Crippen LogP contribution is 2.38. The Bertz CT molecular complexity index is 1000. The highest BCUT2D eigenvalue weighted by atomic mass is 19.4. The largest absolute Gasteiger partial charge is 0.480 e. The van der Waals surface area contributed by atoms with Gasteiger partial charge in [0, 0.05) is 0 Å². The molecule has 6 nitrogen and oxygen atoms in total. The summed E-state index contributed by atoms with van der Waals surface area (Å²) >= 11 is 0. The van der Waals surface area contributed by atoms with E-state index in [1.807, 2.05) is 4.98 Å². The molecule has 170 valence electrons. The van der Waals surface area contributed by atoms with E-state index in [1.54, 1.807) is 20.8 Å². The molecule has 1 aromatic carbocycles. The molecule has 2 aromatic rings. The first-order chi connectivity index (χ1) is 14.0. The number of halogens is 6. The summed E-state index contributed by atoms with van der Waals surface area (Å²) in [5, 5.41) is 20.1. The van der Waals surface area contributed by atoms with Gasteiger partial charge in [0.05, 0.1) is 23.7 Å². The summed E-state index contributed by atoms with van der Waals surface area (Å²) in [7, 11) is 0. The zero-order valence-electron chi connectivity index (χ0n) is 16.7. The third kappa shape index (κ3) is 6.22. The van der Waals surface area contributed by atoms with Gasteiger partial charge in [-0.05, 0) is 23.1 Å². The van der Waals surface area contributed by atoms with Gasteiger partial charge in [-0.15, -0.1) is 0 Å². The number of aromatic amines is 1. The minimum atomic E-state index is -4.77.